The van der Waals surface area contributed by atoms with Crippen LogP contribution in [0.15, 0.2) is 78.9 Å². The number of carbonyl (C=O) groups excluding carboxylic acids is 1. The van der Waals surface area contributed by atoms with Gasteiger partial charge in [-0.2, -0.15) is 5.26 Å². The largest absolute Gasteiger partial charge is 0.380 e. The number of nitrogens with zero attached hydrogens (tertiary/aromatic N) is 1. The van der Waals surface area contributed by atoms with Crippen LogP contribution < -0.4 is 0 Å². The molecule has 38 heavy (non-hydrogen) atoms. The van der Waals surface area contributed by atoms with Crippen molar-refractivity contribution >= 4 is 17.1 Å². The highest BCUT2D eigenvalue weighted by Gasteiger charge is 2.20. The topological polar surface area (TPSA) is 73.9 Å². The summed E-state index contributed by atoms with van der Waals surface area (Å²) in [5.41, 5.74) is 6.32. The molecule has 3 atom stereocenters. The Hall–Kier alpha value is -3.55. The first-order chi connectivity index (χ1) is 18.1. The zero-order valence-electron chi connectivity index (χ0n) is 23.6. The van der Waals surface area contributed by atoms with Crippen molar-refractivity contribution in [3.63, 3.8) is 0 Å². The third-order valence-corrected chi connectivity index (χ3v) is 7.23. The summed E-state index contributed by atoms with van der Waals surface area (Å²) in [6.07, 6.45) is 5.65. The Balaban J connectivity index is 2.25. The lowest BCUT2D eigenvalue weighted by Crippen LogP contribution is -2.14. The van der Waals surface area contributed by atoms with Crippen molar-refractivity contribution in [1.29, 1.82) is 10.7 Å². The van der Waals surface area contributed by atoms with Gasteiger partial charge in [0.15, 0.2) is 5.78 Å². The molecule has 0 aliphatic rings. The molecule has 0 bridgehead atoms. The number of benzene rings is 2. The van der Waals surface area contributed by atoms with Crippen molar-refractivity contribution in [2.75, 3.05) is 13.7 Å². The van der Waals surface area contributed by atoms with Crippen molar-refractivity contribution in [2.24, 2.45) is 11.8 Å². The molecule has 0 saturated heterocycles. The number of ether oxygens (including phenoxy) is 1. The van der Waals surface area contributed by atoms with Gasteiger partial charge in [-0.15, -0.1) is 0 Å². The van der Waals surface area contributed by atoms with Crippen molar-refractivity contribution in [1.82, 2.24) is 0 Å². The Bertz CT molecular complexity index is 1210. The van der Waals surface area contributed by atoms with Crippen LogP contribution in [0.5, 0.6) is 0 Å². The number of hydrogen-bond acceptors (Lipinski definition) is 4. The SMILES string of the molecule is C=C(COC)C(=N)/C=C(/c1cccc(C(=O)C(C)CCC(CCC)c2ccc(C#N)cc2)c1)C(C)C(=C)C. The molecule has 0 aromatic heterocycles. The van der Waals surface area contributed by atoms with E-state index in [9.17, 15) is 4.79 Å². The van der Waals surface area contributed by atoms with Crippen molar-refractivity contribution in [3.05, 3.63) is 101 Å². The van der Waals surface area contributed by atoms with Gasteiger partial charge in [0.1, 0.15) is 0 Å². The molecule has 0 aliphatic heterocycles. The zero-order chi connectivity index (χ0) is 28.2. The molecule has 4 nitrogen and oxygen atoms in total. The van der Waals surface area contributed by atoms with Crippen LogP contribution in [0.2, 0.25) is 0 Å². The predicted octanol–water partition coefficient (Wildman–Crippen LogP) is 8.56. The molecule has 2 aromatic carbocycles. The van der Waals surface area contributed by atoms with E-state index in [0.29, 0.717) is 34.9 Å². The quantitative estimate of drug-likeness (QED) is 0.148. The first-order valence-electron chi connectivity index (χ1n) is 13.4. The molecule has 0 aliphatic carbocycles. The first kappa shape index (κ1) is 30.7. The molecule has 2 rings (SSSR count). The third kappa shape index (κ3) is 8.50. The fourth-order valence-electron chi connectivity index (χ4n) is 4.61. The van der Waals surface area contributed by atoms with Crippen LogP contribution >= 0.6 is 0 Å². The lowest BCUT2D eigenvalue weighted by Gasteiger charge is -2.20. The zero-order valence-corrected chi connectivity index (χ0v) is 23.6. The minimum absolute atomic E-state index is 0.00990. The molecule has 4 heteroatoms. The second-order valence-electron chi connectivity index (χ2n) is 10.3. The third-order valence-electron chi connectivity index (χ3n) is 7.23. The van der Waals surface area contributed by atoms with E-state index in [1.165, 1.54) is 5.56 Å². The molecule has 0 radical (unpaired) electrons. The molecular formula is C34H42N2O2. The Morgan fingerprint density at radius 3 is 2.32 bits per heavy atom. The highest BCUT2D eigenvalue weighted by Crippen LogP contribution is 2.32. The van der Waals surface area contributed by atoms with Crippen molar-refractivity contribution in [2.45, 2.75) is 59.3 Å². The van der Waals surface area contributed by atoms with Crippen LogP contribution in [0.3, 0.4) is 0 Å². The van der Waals surface area contributed by atoms with E-state index in [1.54, 1.807) is 7.11 Å². The monoisotopic (exact) mass is 510 g/mol. The van der Waals surface area contributed by atoms with E-state index in [4.69, 9.17) is 15.4 Å². The lowest BCUT2D eigenvalue weighted by molar-refractivity contribution is 0.0921. The molecule has 3 unspecified atom stereocenters. The second kappa shape index (κ2) is 15.0. The normalized spacial score (nSPS) is 13.7. The summed E-state index contributed by atoms with van der Waals surface area (Å²) in [7, 11) is 1.59. The summed E-state index contributed by atoms with van der Waals surface area (Å²) in [5, 5.41) is 17.6. The Kier molecular flexibility index (Phi) is 12.1. The van der Waals surface area contributed by atoms with Crippen LogP contribution in [0.25, 0.3) is 5.57 Å². The number of allylic oxidation sites excluding steroid dienone is 3. The summed E-state index contributed by atoms with van der Waals surface area (Å²) in [5.74, 6) is 0.388. The van der Waals surface area contributed by atoms with E-state index in [1.807, 2.05) is 68.5 Å². The summed E-state index contributed by atoms with van der Waals surface area (Å²) in [6.45, 7) is 16.6. The van der Waals surface area contributed by atoms with Gasteiger partial charge in [0.05, 0.1) is 24.0 Å². The molecule has 0 saturated carbocycles. The maximum atomic E-state index is 13.5. The highest BCUT2D eigenvalue weighted by atomic mass is 16.5. The average molecular weight is 511 g/mol. The van der Waals surface area contributed by atoms with Crippen molar-refractivity contribution < 1.29 is 9.53 Å². The van der Waals surface area contributed by atoms with Gasteiger partial charge in [-0.25, -0.2) is 0 Å². The number of methoxy groups -OCH3 is 1. The van der Waals surface area contributed by atoms with E-state index in [2.05, 4.69) is 33.1 Å². The first-order valence-corrected chi connectivity index (χ1v) is 13.4. The van der Waals surface area contributed by atoms with E-state index >= 15 is 0 Å². The molecule has 0 heterocycles. The second-order valence-corrected chi connectivity index (χ2v) is 10.3. The number of nitrogens with one attached hydrogen (secondary N) is 1. The molecule has 0 fully saturated rings. The Labute approximate surface area is 229 Å². The smallest absolute Gasteiger partial charge is 0.165 e. The van der Waals surface area contributed by atoms with Crippen LogP contribution in [0, 0.1) is 28.6 Å². The molecule has 1 N–H and O–H groups in total. The fourth-order valence-corrected chi connectivity index (χ4v) is 4.61. The van der Waals surface area contributed by atoms with Gasteiger partial charge in [-0.1, -0.05) is 76.3 Å². The number of hydrogen-bond donors (Lipinski definition) is 1. The predicted molar refractivity (Wildman–Crippen MR) is 159 cm³/mol. The number of carbonyl (C=O) groups is 1. The van der Waals surface area contributed by atoms with Gasteiger partial charge < -0.3 is 10.1 Å². The van der Waals surface area contributed by atoms with Crippen molar-refractivity contribution in [3.8, 4) is 6.07 Å². The van der Waals surface area contributed by atoms with Gasteiger partial charge in [0, 0.05) is 24.5 Å². The van der Waals surface area contributed by atoms with Gasteiger partial charge >= 0.3 is 0 Å². The summed E-state index contributed by atoms with van der Waals surface area (Å²) >= 11 is 0. The van der Waals surface area contributed by atoms with E-state index in [0.717, 1.165) is 42.4 Å². The lowest BCUT2D eigenvalue weighted by atomic mass is 9.84. The summed E-state index contributed by atoms with van der Waals surface area (Å²) in [4.78, 5) is 13.5. The summed E-state index contributed by atoms with van der Waals surface area (Å²) < 4.78 is 5.15. The average Bonchev–Trinajstić information content (AvgIpc) is 2.93. The standard InChI is InChI=1S/C34H42N2O2/c1-8-10-28(29-17-14-27(21-35)15-18-29)16-13-24(4)34(37)31-12-9-11-30(19-31)32(26(6)23(2)3)20-33(36)25(5)22-38-7/h9,11-12,14-15,17-20,24,26,28,36H,2,5,8,10,13,16,22H2,1,3-4,6-7H3/b32-20+,36-33?. The summed E-state index contributed by atoms with van der Waals surface area (Å²) in [6, 6.07) is 17.7. The molecule has 200 valence electrons. The van der Waals surface area contributed by atoms with Crippen LogP contribution in [0.1, 0.15) is 86.3 Å². The van der Waals surface area contributed by atoms with Gasteiger partial charge in [0.25, 0.3) is 0 Å². The van der Waals surface area contributed by atoms with Gasteiger partial charge in [-0.3, -0.25) is 4.79 Å². The van der Waals surface area contributed by atoms with Gasteiger partial charge in [0.2, 0.25) is 0 Å². The van der Waals surface area contributed by atoms with Crippen LogP contribution in [-0.4, -0.2) is 25.2 Å². The van der Waals surface area contributed by atoms with Crippen LogP contribution in [0.4, 0.5) is 0 Å². The van der Waals surface area contributed by atoms with E-state index in [-0.39, 0.29) is 17.6 Å². The minimum atomic E-state index is -0.117. The maximum Gasteiger partial charge on any atom is 0.165 e. The van der Waals surface area contributed by atoms with Crippen LogP contribution in [-0.2, 0) is 4.74 Å². The Morgan fingerprint density at radius 1 is 1.08 bits per heavy atom. The number of Topliss-reactive ketones (excluding diaryl/α,β-unsaturated/α-hetero) is 1. The number of nitriles is 1. The number of rotatable bonds is 15. The highest BCUT2D eigenvalue weighted by molar-refractivity contribution is 6.10. The van der Waals surface area contributed by atoms with Gasteiger partial charge in [-0.05, 0) is 78.7 Å². The molecule has 0 amide bonds. The molecule has 2 aromatic rings. The number of ketones is 1. The Morgan fingerprint density at radius 2 is 1.74 bits per heavy atom. The fraction of sp³-hybridized carbons (Fsp3) is 0.382. The maximum absolute atomic E-state index is 13.5. The minimum Gasteiger partial charge on any atom is -0.380 e. The molecular weight excluding hydrogens is 468 g/mol. The van der Waals surface area contributed by atoms with E-state index < -0.39 is 0 Å². The molecule has 0 spiro atoms.